The van der Waals surface area contributed by atoms with E-state index in [0.29, 0.717) is 22.9 Å². The summed E-state index contributed by atoms with van der Waals surface area (Å²) in [6, 6.07) is 24.5. The van der Waals surface area contributed by atoms with Crippen molar-refractivity contribution >= 4 is 46.1 Å². The van der Waals surface area contributed by atoms with Gasteiger partial charge in [0.2, 0.25) is 0 Å². The molecule has 0 unspecified atom stereocenters. The lowest BCUT2D eigenvalue weighted by molar-refractivity contribution is -0.139. The molecule has 0 bridgehead atoms. The van der Waals surface area contributed by atoms with E-state index in [2.05, 4.69) is 39.7 Å². The third kappa shape index (κ3) is 11.4. The number of halogens is 1. The van der Waals surface area contributed by atoms with E-state index in [1.807, 2.05) is 61.4 Å². The van der Waals surface area contributed by atoms with E-state index >= 15 is 0 Å². The van der Waals surface area contributed by atoms with Gasteiger partial charge in [0.1, 0.15) is 43.7 Å². The van der Waals surface area contributed by atoms with Crippen molar-refractivity contribution in [2.24, 2.45) is 10.2 Å². The molecule has 4 aromatic rings. The molecule has 0 aliphatic heterocycles. The maximum Gasteiger partial charge on any atom is 0.330 e. The van der Waals surface area contributed by atoms with E-state index in [0.717, 1.165) is 34.8 Å². The van der Waals surface area contributed by atoms with E-state index in [9.17, 15) is 14.0 Å². The Hall–Kier alpha value is -6.37. The summed E-state index contributed by atoms with van der Waals surface area (Å²) in [5.41, 5.74) is 13.9. The third-order valence-corrected chi connectivity index (χ3v) is 6.68. The van der Waals surface area contributed by atoms with E-state index in [1.165, 1.54) is 6.07 Å². The number of hydrogen-bond donors (Lipinski definition) is 3. The van der Waals surface area contributed by atoms with Crippen LogP contribution in [0.3, 0.4) is 0 Å². The average molecular weight is 669 g/mol. The lowest BCUT2D eigenvalue weighted by Gasteiger charge is -2.23. The minimum Gasteiger partial charge on any atom is -0.490 e. The highest BCUT2D eigenvalue weighted by atomic mass is 19.1. The number of rotatable bonds is 18. The van der Waals surface area contributed by atoms with Gasteiger partial charge in [-0.1, -0.05) is 13.2 Å². The topological polar surface area (TPSA) is 135 Å². The molecule has 4 aromatic carbocycles. The molecule has 0 atom stereocenters. The zero-order chi connectivity index (χ0) is 35.0. The van der Waals surface area contributed by atoms with Gasteiger partial charge in [0.05, 0.1) is 34.1 Å². The first-order chi connectivity index (χ1) is 23.7. The van der Waals surface area contributed by atoms with Gasteiger partial charge < -0.3 is 24.4 Å². The summed E-state index contributed by atoms with van der Waals surface area (Å²) in [6.45, 7) is 9.30. The zero-order valence-electron chi connectivity index (χ0n) is 27.1. The first-order valence-electron chi connectivity index (χ1n) is 15.1. The van der Waals surface area contributed by atoms with Crippen LogP contribution < -0.4 is 30.8 Å². The fourth-order valence-electron chi connectivity index (χ4n) is 4.13. The molecule has 12 nitrogen and oxygen atoms in total. The molecule has 4 rings (SSSR count). The molecule has 0 radical (unpaired) electrons. The molecule has 0 saturated carbocycles. The first kappa shape index (κ1) is 35.5. The summed E-state index contributed by atoms with van der Waals surface area (Å²) in [5.74, 6) is -0.274. The highest BCUT2D eigenvalue weighted by Gasteiger charge is 2.08. The van der Waals surface area contributed by atoms with Crippen LogP contribution in [0.2, 0.25) is 0 Å². The van der Waals surface area contributed by atoms with Gasteiger partial charge in [-0.2, -0.15) is 10.2 Å². The second-order valence-corrected chi connectivity index (χ2v) is 10.2. The molecule has 0 aliphatic rings. The largest absolute Gasteiger partial charge is 0.490 e. The predicted molar refractivity (Wildman–Crippen MR) is 187 cm³/mol. The SMILES string of the molecule is C=CC(=O)OCCOc1ccc(/N=N/c2ccc(NNc3ccc(N(C)Nc4ccc(OCCOC(=O)C=C)cc4)cc3C)c(F)c2)cc1. The summed E-state index contributed by atoms with van der Waals surface area (Å²) >= 11 is 0. The van der Waals surface area contributed by atoms with E-state index in [4.69, 9.17) is 18.9 Å². The van der Waals surface area contributed by atoms with Crippen molar-refractivity contribution in [2.45, 2.75) is 6.92 Å². The number of ether oxygens (including phenoxy) is 4. The van der Waals surface area contributed by atoms with Crippen LogP contribution in [-0.2, 0) is 19.1 Å². The van der Waals surface area contributed by atoms with Crippen molar-refractivity contribution in [2.75, 3.05) is 54.8 Å². The number of hydrazine groups is 2. The van der Waals surface area contributed by atoms with E-state index in [1.54, 1.807) is 36.4 Å². The van der Waals surface area contributed by atoms with E-state index in [-0.39, 0.29) is 32.1 Å². The number of nitrogens with one attached hydrogen (secondary N) is 3. The molecular formula is C36H37FN6O6. The molecular weight excluding hydrogens is 631 g/mol. The number of carbonyl (C=O) groups is 2. The van der Waals surface area contributed by atoms with Crippen LogP contribution in [0.1, 0.15) is 5.56 Å². The zero-order valence-corrected chi connectivity index (χ0v) is 27.1. The molecule has 0 saturated heterocycles. The Labute approximate surface area is 283 Å². The number of nitrogens with zero attached hydrogens (tertiary/aromatic N) is 3. The van der Waals surface area contributed by atoms with Gasteiger partial charge >= 0.3 is 11.9 Å². The molecule has 0 amide bonds. The molecule has 254 valence electrons. The van der Waals surface area contributed by atoms with Crippen molar-refractivity contribution in [1.29, 1.82) is 0 Å². The van der Waals surface area contributed by atoms with Gasteiger partial charge in [0, 0.05) is 25.3 Å². The Morgan fingerprint density at radius 1 is 0.735 bits per heavy atom. The number of carbonyl (C=O) groups excluding carboxylic acids is 2. The molecule has 3 N–H and O–H groups in total. The van der Waals surface area contributed by atoms with Crippen molar-refractivity contribution in [3.05, 3.63) is 122 Å². The molecule has 13 heteroatoms. The van der Waals surface area contributed by atoms with Crippen LogP contribution in [0.4, 0.5) is 38.5 Å². The van der Waals surface area contributed by atoms with Crippen molar-refractivity contribution in [3.8, 4) is 11.5 Å². The van der Waals surface area contributed by atoms with Crippen LogP contribution in [0, 0.1) is 12.7 Å². The minimum atomic E-state index is -0.508. The Morgan fingerprint density at radius 3 is 1.84 bits per heavy atom. The van der Waals surface area contributed by atoms with Crippen LogP contribution in [0.5, 0.6) is 11.5 Å². The molecule has 0 aromatic heterocycles. The monoisotopic (exact) mass is 668 g/mol. The highest BCUT2D eigenvalue weighted by molar-refractivity contribution is 5.81. The summed E-state index contributed by atoms with van der Waals surface area (Å²) in [7, 11) is 1.89. The normalized spacial score (nSPS) is 10.5. The quantitative estimate of drug-likeness (QED) is 0.0319. The maximum absolute atomic E-state index is 14.9. The summed E-state index contributed by atoms with van der Waals surface area (Å²) in [5, 5.41) is 10.1. The Balaban J connectivity index is 1.24. The second kappa shape index (κ2) is 18.1. The molecule has 49 heavy (non-hydrogen) atoms. The Bertz CT molecular complexity index is 1770. The van der Waals surface area contributed by atoms with Crippen LogP contribution in [-0.4, -0.2) is 45.4 Å². The lowest BCUT2D eigenvalue weighted by atomic mass is 10.2. The molecule has 0 spiro atoms. The van der Waals surface area contributed by atoms with Gasteiger partial charge in [-0.25, -0.2) is 14.0 Å². The van der Waals surface area contributed by atoms with E-state index < -0.39 is 17.8 Å². The average Bonchev–Trinajstić information content (AvgIpc) is 3.11. The van der Waals surface area contributed by atoms with Crippen LogP contribution >= 0.6 is 0 Å². The third-order valence-electron chi connectivity index (χ3n) is 6.68. The van der Waals surface area contributed by atoms with Crippen LogP contribution in [0.15, 0.2) is 120 Å². The minimum absolute atomic E-state index is 0.107. The number of anilines is 4. The smallest absolute Gasteiger partial charge is 0.330 e. The van der Waals surface area contributed by atoms with Gasteiger partial charge in [0.15, 0.2) is 0 Å². The maximum atomic E-state index is 14.9. The summed E-state index contributed by atoms with van der Waals surface area (Å²) in [4.78, 5) is 22.1. The van der Waals surface area contributed by atoms with Gasteiger partial charge in [-0.3, -0.25) is 15.9 Å². The van der Waals surface area contributed by atoms with Crippen molar-refractivity contribution in [1.82, 2.24) is 0 Å². The molecule has 0 fully saturated rings. The Kier molecular flexibility index (Phi) is 13.1. The fourth-order valence-corrected chi connectivity index (χ4v) is 4.13. The summed E-state index contributed by atoms with van der Waals surface area (Å²) in [6.07, 6.45) is 2.20. The van der Waals surface area contributed by atoms with Gasteiger partial charge in [-0.05, 0) is 91.3 Å². The number of esters is 2. The predicted octanol–water partition coefficient (Wildman–Crippen LogP) is 7.67. The summed E-state index contributed by atoms with van der Waals surface area (Å²) < 4.78 is 35.7. The van der Waals surface area contributed by atoms with Crippen LogP contribution in [0.25, 0.3) is 0 Å². The number of azo groups is 1. The standard InChI is InChI=1S/C36H37FN6O6/c1-5-35(44)48-21-19-46-30-13-7-26(8-14-30)38-39-28-11-17-34(32(37)24-28)41-40-33-18-12-29(23-25(33)3)43(4)42-27-9-15-31(16-10-27)47-20-22-49-36(45)6-2/h5-18,23-24,40-42H,1-2,19-22H2,3-4H3/b39-38+. The van der Waals surface area contributed by atoms with Crippen molar-refractivity contribution in [3.63, 3.8) is 0 Å². The fraction of sp³-hybridized carbons (Fsp3) is 0.167. The molecule has 0 aliphatic carbocycles. The van der Waals surface area contributed by atoms with Gasteiger partial charge in [0.25, 0.3) is 0 Å². The lowest BCUT2D eigenvalue weighted by Crippen LogP contribution is -2.24. The number of benzene rings is 4. The van der Waals surface area contributed by atoms with Gasteiger partial charge in [-0.15, -0.1) is 0 Å². The first-order valence-corrected chi connectivity index (χ1v) is 15.1. The molecule has 0 heterocycles. The highest BCUT2D eigenvalue weighted by Crippen LogP contribution is 2.27. The van der Waals surface area contributed by atoms with Crippen molar-refractivity contribution < 1.29 is 32.9 Å². The Morgan fingerprint density at radius 2 is 1.27 bits per heavy atom. The number of hydrogen-bond acceptors (Lipinski definition) is 12. The second-order valence-electron chi connectivity index (χ2n) is 10.2. The number of aryl methyl sites for hydroxylation is 1.